The molecule has 1 heterocycles. The van der Waals surface area contributed by atoms with Crippen LogP contribution < -0.4 is 10.6 Å². The third kappa shape index (κ3) is 3.15. The van der Waals surface area contributed by atoms with Crippen LogP contribution in [-0.4, -0.2) is 15.8 Å². The highest BCUT2D eigenvalue weighted by Gasteiger charge is 2.06. The molecule has 0 bridgehead atoms. The maximum atomic E-state index is 11.7. The van der Waals surface area contributed by atoms with E-state index in [0.29, 0.717) is 21.6 Å². The summed E-state index contributed by atoms with van der Waals surface area (Å²) in [6.07, 6.45) is 1.59. The van der Waals surface area contributed by atoms with Gasteiger partial charge in [-0.1, -0.05) is 23.2 Å². The van der Waals surface area contributed by atoms with Crippen molar-refractivity contribution in [2.75, 3.05) is 10.6 Å². The Balaban J connectivity index is 2.05. The zero-order valence-electron chi connectivity index (χ0n) is 9.45. The third-order valence-electron chi connectivity index (χ3n) is 2.18. The first kappa shape index (κ1) is 12.7. The van der Waals surface area contributed by atoms with Crippen molar-refractivity contribution in [2.24, 2.45) is 7.05 Å². The van der Waals surface area contributed by atoms with Gasteiger partial charge in [0.05, 0.1) is 6.20 Å². The maximum absolute atomic E-state index is 11.7. The number of nitrogens with zero attached hydrogens (tertiary/aromatic N) is 2. The highest BCUT2D eigenvalue weighted by Crippen LogP contribution is 2.22. The first-order valence-electron chi connectivity index (χ1n) is 5.07. The molecule has 2 aromatic rings. The number of rotatable bonds is 2. The van der Waals surface area contributed by atoms with E-state index in [1.54, 1.807) is 42.2 Å². The molecule has 0 atom stereocenters. The second-order valence-electron chi connectivity index (χ2n) is 3.58. The molecule has 5 nitrogen and oxygen atoms in total. The van der Waals surface area contributed by atoms with Gasteiger partial charge in [0, 0.05) is 28.8 Å². The van der Waals surface area contributed by atoms with E-state index in [9.17, 15) is 4.79 Å². The van der Waals surface area contributed by atoms with Crippen LogP contribution in [0.4, 0.5) is 16.3 Å². The standard InChI is InChI=1S/C11H10Cl2N4O/c1-17-10(2-3-14-17)16-11(18)15-9-5-7(12)4-8(13)6-9/h2-6H,1H3,(H2,15,16,18). The lowest BCUT2D eigenvalue weighted by atomic mass is 10.3. The van der Waals surface area contributed by atoms with Crippen molar-refractivity contribution < 1.29 is 4.79 Å². The molecule has 0 aliphatic heterocycles. The molecule has 0 fully saturated rings. The summed E-state index contributed by atoms with van der Waals surface area (Å²) in [5.41, 5.74) is 0.521. The molecule has 7 heteroatoms. The van der Waals surface area contributed by atoms with E-state index in [-0.39, 0.29) is 0 Å². The summed E-state index contributed by atoms with van der Waals surface area (Å²) in [4.78, 5) is 11.7. The second-order valence-corrected chi connectivity index (χ2v) is 4.45. The smallest absolute Gasteiger partial charge is 0.308 e. The zero-order chi connectivity index (χ0) is 13.1. The number of hydrogen-bond acceptors (Lipinski definition) is 2. The summed E-state index contributed by atoms with van der Waals surface area (Å²) in [5, 5.41) is 10.1. The van der Waals surface area contributed by atoms with E-state index in [1.807, 2.05) is 0 Å². The van der Waals surface area contributed by atoms with E-state index < -0.39 is 6.03 Å². The minimum Gasteiger partial charge on any atom is -0.308 e. The molecular weight excluding hydrogens is 275 g/mol. The van der Waals surface area contributed by atoms with Gasteiger partial charge in [0.1, 0.15) is 5.82 Å². The van der Waals surface area contributed by atoms with Crippen LogP contribution >= 0.6 is 23.2 Å². The molecule has 0 saturated carbocycles. The number of urea groups is 1. The lowest BCUT2D eigenvalue weighted by Gasteiger charge is -2.08. The minimum atomic E-state index is -0.392. The number of nitrogens with one attached hydrogen (secondary N) is 2. The summed E-state index contributed by atoms with van der Waals surface area (Å²) >= 11 is 11.7. The van der Waals surface area contributed by atoms with Crippen LogP contribution in [0.2, 0.25) is 10.0 Å². The Morgan fingerprint density at radius 2 is 1.89 bits per heavy atom. The van der Waals surface area contributed by atoms with Gasteiger partial charge in [-0.15, -0.1) is 0 Å². The number of amides is 2. The van der Waals surface area contributed by atoms with Gasteiger partial charge < -0.3 is 5.32 Å². The molecule has 0 saturated heterocycles. The predicted molar refractivity (Wildman–Crippen MR) is 72.3 cm³/mol. The summed E-state index contributed by atoms with van der Waals surface area (Å²) < 4.78 is 1.55. The molecular formula is C11H10Cl2N4O. The largest absolute Gasteiger partial charge is 0.324 e. The lowest BCUT2D eigenvalue weighted by molar-refractivity contribution is 0.262. The van der Waals surface area contributed by atoms with E-state index >= 15 is 0 Å². The minimum absolute atomic E-state index is 0.392. The average molecular weight is 285 g/mol. The van der Waals surface area contributed by atoms with Gasteiger partial charge in [0.15, 0.2) is 0 Å². The summed E-state index contributed by atoms with van der Waals surface area (Å²) in [7, 11) is 1.73. The van der Waals surface area contributed by atoms with E-state index in [1.165, 1.54) is 0 Å². The topological polar surface area (TPSA) is 59.0 Å². The Labute approximate surface area is 114 Å². The van der Waals surface area contributed by atoms with Crippen molar-refractivity contribution >= 4 is 40.7 Å². The highest BCUT2D eigenvalue weighted by molar-refractivity contribution is 6.35. The molecule has 2 amide bonds. The number of anilines is 2. The van der Waals surface area contributed by atoms with Crippen molar-refractivity contribution in [1.29, 1.82) is 0 Å². The molecule has 1 aromatic heterocycles. The monoisotopic (exact) mass is 284 g/mol. The van der Waals surface area contributed by atoms with Gasteiger partial charge in [-0.2, -0.15) is 5.10 Å². The van der Waals surface area contributed by atoms with Crippen LogP contribution in [0.3, 0.4) is 0 Å². The molecule has 2 rings (SSSR count). The number of aromatic nitrogens is 2. The number of benzene rings is 1. The van der Waals surface area contributed by atoms with Gasteiger partial charge >= 0.3 is 6.03 Å². The van der Waals surface area contributed by atoms with Crippen LogP contribution in [0.15, 0.2) is 30.5 Å². The lowest BCUT2D eigenvalue weighted by Crippen LogP contribution is -2.21. The summed E-state index contributed by atoms with van der Waals surface area (Å²) in [6.45, 7) is 0. The van der Waals surface area contributed by atoms with Gasteiger partial charge in [-0.25, -0.2) is 4.79 Å². The number of hydrogen-bond donors (Lipinski definition) is 2. The van der Waals surface area contributed by atoms with Gasteiger partial charge in [0.2, 0.25) is 0 Å². The Kier molecular flexibility index (Phi) is 3.74. The van der Waals surface area contributed by atoms with Crippen molar-refractivity contribution in [3.05, 3.63) is 40.5 Å². The van der Waals surface area contributed by atoms with Gasteiger partial charge in [0.25, 0.3) is 0 Å². The van der Waals surface area contributed by atoms with Gasteiger partial charge in [-0.3, -0.25) is 10.00 Å². The Morgan fingerprint density at radius 1 is 1.22 bits per heavy atom. The zero-order valence-corrected chi connectivity index (χ0v) is 11.0. The van der Waals surface area contributed by atoms with E-state index in [4.69, 9.17) is 23.2 Å². The molecule has 0 aliphatic rings. The van der Waals surface area contributed by atoms with Crippen LogP contribution in [-0.2, 0) is 7.05 Å². The summed E-state index contributed by atoms with van der Waals surface area (Å²) in [6, 6.07) is 6.10. The molecule has 0 unspecified atom stereocenters. The quantitative estimate of drug-likeness (QED) is 0.888. The first-order valence-corrected chi connectivity index (χ1v) is 5.82. The van der Waals surface area contributed by atoms with Crippen molar-refractivity contribution in [3.8, 4) is 0 Å². The molecule has 1 aromatic carbocycles. The van der Waals surface area contributed by atoms with E-state index in [2.05, 4.69) is 15.7 Å². The Bertz CT molecular complexity index is 562. The fraction of sp³-hybridized carbons (Fsp3) is 0.0909. The highest BCUT2D eigenvalue weighted by atomic mass is 35.5. The van der Waals surface area contributed by atoms with Crippen LogP contribution in [0, 0.1) is 0 Å². The van der Waals surface area contributed by atoms with Crippen LogP contribution in [0.25, 0.3) is 0 Å². The van der Waals surface area contributed by atoms with Crippen LogP contribution in [0.1, 0.15) is 0 Å². The Hall–Kier alpha value is -1.72. The second kappa shape index (κ2) is 5.29. The first-order chi connectivity index (χ1) is 8.54. The molecule has 0 radical (unpaired) electrons. The Morgan fingerprint density at radius 3 is 2.44 bits per heavy atom. The fourth-order valence-electron chi connectivity index (χ4n) is 1.40. The van der Waals surface area contributed by atoms with Crippen molar-refractivity contribution in [3.63, 3.8) is 0 Å². The SMILES string of the molecule is Cn1nccc1NC(=O)Nc1cc(Cl)cc(Cl)c1. The molecule has 2 N–H and O–H groups in total. The average Bonchev–Trinajstić information content (AvgIpc) is 2.62. The normalized spacial score (nSPS) is 10.2. The van der Waals surface area contributed by atoms with Crippen LogP contribution in [0.5, 0.6) is 0 Å². The predicted octanol–water partition coefficient (Wildman–Crippen LogP) is 3.37. The van der Waals surface area contributed by atoms with Crippen molar-refractivity contribution in [2.45, 2.75) is 0 Å². The fourth-order valence-corrected chi connectivity index (χ4v) is 1.93. The molecule has 18 heavy (non-hydrogen) atoms. The summed E-state index contributed by atoms with van der Waals surface area (Å²) in [5.74, 6) is 0.584. The number of carbonyl (C=O) groups excluding carboxylic acids is 1. The number of aryl methyl sites for hydroxylation is 1. The number of carbonyl (C=O) groups is 1. The number of halogens is 2. The van der Waals surface area contributed by atoms with Gasteiger partial charge in [-0.05, 0) is 18.2 Å². The molecule has 0 spiro atoms. The van der Waals surface area contributed by atoms with Crippen molar-refractivity contribution in [1.82, 2.24) is 9.78 Å². The molecule has 94 valence electrons. The molecule has 0 aliphatic carbocycles. The third-order valence-corrected chi connectivity index (χ3v) is 2.62. The van der Waals surface area contributed by atoms with E-state index in [0.717, 1.165) is 0 Å². The maximum Gasteiger partial charge on any atom is 0.324 e.